The summed E-state index contributed by atoms with van der Waals surface area (Å²) < 4.78 is 10.8. The van der Waals surface area contributed by atoms with Gasteiger partial charge in [0.1, 0.15) is 0 Å². The number of benzene rings is 1. The Morgan fingerprint density at radius 2 is 2.19 bits per heavy atom. The maximum Gasteiger partial charge on any atom is 0.306 e. The van der Waals surface area contributed by atoms with Gasteiger partial charge >= 0.3 is 5.97 Å². The Morgan fingerprint density at radius 1 is 1.38 bits per heavy atom. The molecule has 0 heterocycles. The summed E-state index contributed by atoms with van der Waals surface area (Å²) in [6.45, 7) is 2.52. The van der Waals surface area contributed by atoms with Crippen LogP contribution < -0.4 is 14.8 Å². The number of ether oxygens (including phenoxy) is 2. The number of rotatable bonds is 6. The molecule has 1 aromatic carbocycles. The highest BCUT2D eigenvalue weighted by Gasteiger charge is 2.26. The van der Waals surface area contributed by atoms with Gasteiger partial charge in [0.05, 0.1) is 19.6 Å². The summed E-state index contributed by atoms with van der Waals surface area (Å²) in [5.41, 5.74) is 0.936. The van der Waals surface area contributed by atoms with Gasteiger partial charge in [0.25, 0.3) is 0 Å². The first-order valence-corrected chi connectivity index (χ1v) is 7.44. The van der Waals surface area contributed by atoms with Crippen molar-refractivity contribution in [2.24, 2.45) is 5.92 Å². The molecule has 0 amide bonds. The molecule has 0 spiro atoms. The van der Waals surface area contributed by atoms with Crippen LogP contribution in [0.3, 0.4) is 0 Å². The van der Waals surface area contributed by atoms with E-state index in [-0.39, 0.29) is 12.0 Å². The van der Waals surface area contributed by atoms with Gasteiger partial charge in [-0.15, -0.1) is 0 Å². The van der Waals surface area contributed by atoms with E-state index in [0.29, 0.717) is 18.8 Å². The van der Waals surface area contributed by atoms with Crippen molar-refractivity contribution in [3.63, 3.8) is 0 Å². The number of carboxylic acid groups (broad SMARTS) is 1. The number of hydrogen-bond donors (Lipinski definition) is 2. The molecular formula is C16H23NO4. The number of aliphatic carboxylic acids is 1. The Bertz CT molecular complexity index is 489. The lowest BCUT2D eigenvalue weighted by Gasteiger charge is -2.28. The molecule has 0 radical (unpaired) electrons. The van der Waals surface area contributed by atoms with Crippen LogP contribution in [0, 0.1) is 5.92 Å². The van der Waals surface area contributed by atoms with Gasteiger partial charge in [0, 0.05) is 17.8 Å². The number of nitrogens with one attached hydrogen (secondary N) is 1. The highest BCUT2D eigenvalue weighted by molar-refractivity contribution is 5.70. The first-order valence-electron chi connectivity index (χ1n) is 7.44. The standard InChI is InChI=1S/C16H23NO4/c1-3-21-14-8-7-13(10-15(14)20-2)17-12-6-4-5-11(9-12)16(18)19/h7-8,10-12,17H,3-6,9H2,1-2H3,(H,18,19). The summed E-state index contributed by atoms with van der Waals surface area (Å²) in [6, 6.07) is 5.91. The third-order valence-corrected chi connectivity index (χ3v) is 3.86. The molecule has 1 fully saturated rings. The Kier molecular flexibility index (Phi) is 5.31. The lowest BCUT2D eigenvalue weighted by atomic mass is 9.85. The first kappa shape index (κ1) is 15.5. The zero-order chi connectivity index (χ0) is 15.2. The van der Waals surface area contributed by atoms with Crippen LogP contribution in [0.4, 0.5) is 5.69 Å². The molecule has 116 valence electrons. The molecule has 5 heteroatoms. The molecule has 21 heavy (non-hydrogen) atoms. The van der Waals surface area contributed by atoms with Crippen molar-refractivity contribution in [3.05, 3.63) is 18.2 Å². The molecule has 2 N–H and O–H groups in total. The van der Waals surface area contributed by atoms with Crippen LogP contribution in [0.1, 0.15) is 32.6 Å². The Labute approximate surface area is 125 Å². The van der Waals surface area contributed by atoms with E-state index in [2.05, 4.69) is 5.32 Å². The Morgan fingerprint density at radius 3 is 2.86 bits per heavy atom. The molecule has 0 aromatic heterocycles. The zero-order valence-corrected chi connectivity index (χ0v) is 12.6. The summed E-state index contributed by atoms with van der Waals surface area (Å²) >= 11 is 0. The molecule has 2 unspecified atom stereocenters. The normalized spacial score (nSPS) is 21.6. The van der Waals surface area contributed by atoms with Gasteiger partial charge in [-0.25, -0.2) is 0 Å². The minimum atomic E-state index is -0.689. The lowest BCUT2D eigenvalue weighted by molar-refractivity contribution is -0.142. The summed E-state index contributed by atoms with van der Waals surface area (Å²) in [4.78, 5) is 11.1. The number of carbonyl (C=O) groups is 1. The summed E-state index contributed by atoms with van der Waals surface area (Å²) in [5.74, 6) is 0.483. The monoisotopic (exact) mass is 293 g/mol. The van der Waals surface area contributed by atoms with Gasteiger partial charge in [-0.2, -0.15) is 0 Å². The van der Waals surface area contributed by atoms with E-state index in [9.17, 15) is 4.79 Å². The van der Waals surface area contributed by atoms with E-state index in [4.69, 9.17) is 14.6 Å². The molecule has 1 aliphatic rings. The molecule has 5 nitrogen and oxygen atoms in total. The largest absolute Gasteiger partial charge is 0.493 e. The molecule has 2 atom stereocenters. The van der Waals surface area contributed by atoms with Crippen LogP contribution in [0.15, 0.2) is 18.2 Å². The third-order valence-electron chi connectivity index (χ3n) is 3.86. The zero-order valence-electron chi connectivity index (χ0n) is 12.6. The summed E-state index contributed by atoms with van der Waals surface area (Å²) in [7, 11) is 1.61. The van der Waals surface area contributed by atoms with Crippen molar-refractivity contribution in [1.82, 2.24) is 0 Å². The molecule has 1 aliphatic carbocycles. The Balaban J connectivity index is 2.03. The molecular weight excluding hydrogens is 270 g/mol. The van der Waals surface area contributed by atoms with E-state index in [1.807, 2.05) is 25.1 Å². The van der Waals surface area contributed by atoms with E-state index in [1.54, 1.807) is 7.11 Å². The van der Waals surface area contributed by atoms with E-state index >= 15 is 0 Å². The fourth-order valence-electron chi connectivity index (χ4n) is 2.81. The number of carboxylic acids is 1. The number of methoxy groups -OCH3 is 1. The van der Waals surface area contributed by atoms with E-state index in [0.717, 1.165) is 30.7 Å². The highest BCUT2D eigenvalue weighted by Crippen LogP contribution is 2.32. The van der Waals surface area contributed by atoms with E-state index < -0.39 is 5.97 Å². The highest BCUT2D eigenvalue weighted by atomic mass is 16.5. The van der Waals surface area contributed by atoms with Crippen molar-refractivity contribution in [3.8, 4) is 11.5 Å². The molecule has 0 bridgehead atoms. The van der Waals surface area contributed by atoms with Crippen molar-refractivity contribution in [2.45, 2.75) is 38.6 Å². The number of anilines is 1. The summed E-state index contributed by atoms with van der Waals surface area (Å²) in [6.07, 6.45) is 3.40. The second kappa shape index (κ2) is 7.20. The van der Waals surface area contributed by atoms with Crippen LogP contribution in [0.2, 0.25) is 0 Å². The van der Waals surface area contributed by atoms with Gasteiger partial charge in [-0.05, 0) is 38.3 Å². The quantitative estimate of drug-likeness (QED) is 0.843. The lowest BCUT2D eigenvalue weighted by Crippen LogP contribution is -2.30. The van der Waals surface area contributed by atoms with Crippen molar-refractivity contribution in [1.29, 1.82) is 0 Å². The second-order valence-corrected chi connectivity index (χ2v) is 5.34. The van der Waals surface area contributed by atoms with Crippen molar-refractivity contribution < 1.29 is 19.4 Å². The van der Waals surface area contributed by atoms with Gasteiger partial charge < -0.3 is 19.9 Å². The smallest absolute Gasteiger partial charge is 0.306 e. The van der Waals surface area contributed by atoms with Gasteiger partial charge in [-0.1, -0.05) is 6.42 Å². The molecule has 1 aromatic rings. The van der Waals surface area contributed by atoms with Crippen LogP contribution >= 0.6 is 0 Å². The third kappa shape index (κ3) is 4.03. The van der Waals surface area contributed by atoms with Crippen molar-refractivity contribution in [2.75, 3.05) is 19.0 Å². The van der Waals surface area contributed by atoms with E-state index in [1.165, 1.54) is 0 Å². The molecule has 2 rings (SSSR count). The van der Waals surface area contributed by atoms with Crippen LogP contribution in [0.5, 0.6) is 11.5 Å². The fourth-order valence-corrected chi connectivity index (χ4v) is 2.81. The van der Waals surface area contributed by atoms with Gasteiger partial charge in [0.15, 0.2) is 11.5 Å². The average molecular weight is 293 g/mol. The van der Waals surface area contributed by atoms with Crippen LogP contribution in [0.25, 0.3) is 0 Å². The van der Waals surface area contributed by atoms with Crippen LogP contribution in [-0.2, 0) is 4.79 Å². The molecule has 0 saturated heterocycles. The fraction of sp³-hybridized carbons (Fsp3) is 0.562. The minimum absolute atomic E-state index is 0.197. The maximum atomic E-state index is 11.1. The first-order chi connectivity index (χ1) is 10.1. The second-order valence-electron chi connectivity index (χ2n) is 5.34. The van der Waals surface area contributed by atoms with Crippen LogP contribution in [-0.4, -0.2) is 30.8 Å². The average Bonchev–Trinajstić information content (AvgIpc) is 2.49. The predicted molar refractivity (Wildman–Crippen MR) is 81.2 cm³/mol. The van der Waals surface area contributed by atoms with Crippen molar-refractivity contribution >= 4 is 11.7 Å². The molecule has 1 saturated carbocycles. The molecule has 0 aliphatic heterocycles. The van der Waals surface area contributed by atoms with Gasteiger partial charge in [0.2, 0.25) is 0 Å². The topological polar surface area (TPSA) is 67.8 Å². The predicted octanol–water partition coefficient (Wildman–Crippen LogP) is 3.15. The SMILES string of the molecule is CCOc1ccc(NC2CCCC(C(=O)O)C2)cc1OC. The minimum Gasteiger partial charge on any atom is -0.493 e. The Hall–Kier alpha value is -1.91. The number of hydrogen-bond acceptors (Lipinski definition) is 4. The summed E-state index contributed by atoms with van der Waals surface area (Å²) in [5, 5.41) is 12.5. The van der Waals surface area contributed by atoms with Gasteiger partial charge in [-0.3, -0.25) is 4.79 Å². The maximum absolute atomic E-state index is 11.1.